The summed E-state index contributed by atoms with van der Waals surface area (Å²) in [5, 5.41) is 7.05. The molecule has 0 spiro atoms. The minimum absolute atomic E-state index is 0.134. The number of aromatic nitrogens is 2. The van der Waals surface area contributed by atoms with Gasteiger partial charge in [0.1, 0.15) is 0 Å². The second-order valence-corrected chi connectivity index (χ2v) is 9.25. The number of halogens is 3. The molecule has 1 aromatic rings. The van der Waals surface area contributed by atoms with E-state index >= 15 is 0 Å². The predicted octanol–water partition coefficient (Wildman–Crippen LogP) is 3.36. The van der Waals surface area contributed by atoms with Gasteiger partial charge >= 0.3 is 6.18 Å². The van der Waals surface area contributed by atoms with Crippen LogP contribution >= 0.6 is 0 Å². The first-order chi connectivity index (χ1) is 13.3. The zero-order valence-electron chi connectivity index (χ0n) is 15.8. The second kappa shape index (κ2) is 6.32. The fourth-order valence-electron chi connectivity index (χ4n) is 6.49. The van der Waals surface area contributed by atoms with Gasteiger partial charge < -0.3 is 9.80 Å². The van der Waals surface area contributed by atoms with E-state index in [9.17, 15) is 18.0 Å². The van der Waals surface area contributed by atoms with Gasteiger partial charge in [0, 0.05) is 26.2 Å². The summed E-state index contributed by atoms with van der Waals surface area (Å²) in [7, 11) is 0. The van der Waals surface area contributed by atoms with Crippen molar-refractivity contribution in [2.75, 3.05) is 31.1 Å². The van der Waals surface area contributed by atoms with E-state index in [4.69, 9.17) is 0 Å². The van der Waals surface area contributed by atoms with E-state index in [0.29, 0.717) is 37.9 Å². The Bertz CT molecular complexity index is 720. The molecule has 5 fully saturated rings. The lowest BCUT2D eigenvalue weighted by Crippen LogP contribution is -2.58. The molecule has 0 N–H and O–H groups in total. The number of piperazine rings is 1. The molecule has 28 heavy (non-hydrogen) atoms. The third-order valence-electron chi connectivity index (χ3n) is 7.32. The highest BCUT2D eigenvalue weighted by atomic mass is 19.4. The number of amides is 1. The highest BCUT2D eigenvalue weighted by Gasteiger charge is 2.55. The average Bonchev–Trinajstić information content (AvgIpc) is 2.66. The summed E-state index contributed by atoms with van der Waals surface area (Å²) in [6.45, 7) is 2.36. The fourth-order valence-corrected chi connectivity index (χ4v) is 6.49. The molecule has 1 saturated heterocycles. The molecular formula is C20H25F3N4O. The largest absolute Gasteiger partial charge is 0.435 e. The maximum Gasteiger partial charge on any atom is 0.435 e. The van der Waals surface area contributed by atoms with Crippen molar-refractivity contribution in [2.24, 2.45) is 23.2 Å². The summed E-state index contributed by atoms with van der Waals surface area (Å²) in [4.78, 5) is 17.3. The SMILES string of the molecule is O=C(N1CCN(c2ccc(C(F)(F)F)nn2)CC1)C12CC3CC(CC(C3)C1)C2. The molecule has 2 heterocycles. The number of carbonyl (C=O) groups is 1. The number of hydrogen-bond acceptors (Lipinski definition) is 4. The molecule has 5 aliphatic rings. The van der Waals surface area contributed by atoms with Gasteiger partial charge in [-0.25, -0.2) is 0 Å². The van der Waals surface area contributed by atoms with Crippen molar-refractivity contribution < 1.29 is 18.0 Å². The highest BCUT2D eigenvalue weighted by molar-refractivity contribution is 5.83. The maximum atomic E-state index is 13.4. The zero-order valence-corrected chi connectivity index (χ0v) is 15.8. The first-order valence-corrected chi connectivity index (χ1v) is 10.3. The van der Waals surface area contributed by atoms with Crippen LogP contribution in [0.4, 0.5) is 19.0 Å². The van der Waals surface area contributed by atoms with Crippen LogP contribution < -0.4 is 4.90 Å². The van der Waals surface area contributed by atoms with Crippen LogP contribution in [0.2, 0.25) is 0 Å². The van der Waals surface area contributed by atoms with Crippen LogP contribution in [0.25, 0.3) is 0 Å². The Morgan fingerprint density at radius 3 is 1.96 bits per heavy atom. The van der Waals surface area contributed by atoms with E-state index in [1.54, 1.807) is 0 Å². The number of rotatable bonds is 2. The van der Waals surface area contributed by atoms with E-state index in [-0.39, 0.29) is 5.41 Å². The molecule has 0 aromatic carbocycles. The Labute approximate surface area is 162 Å². The van der Waals surface area contributed by atoms with Crippen molar-refractivity contribution in [3.05, 3.63) is 17.8 Å². The van der Waals surface area contributed by atoms with Gasteiger partial charge in [-0.2, -0.15) is 13.2 Å². The number of hydrogen-bond donors (Lipinski definition) is 0. The molecule has 4 aliphatic carbocycles. The van der Waals surface area contributed by atoms with Crippen LogP contribution in [0.3, 0.4) is 0 Å². The lowest BCUT2D eigenvalue weighted by atomic mass is 9.49. The molecule has 4 bridgehead atoms. The Kier molecular flexibility index (Phi) is 4.11. The standard InChI is InChI=1S/C20H25F3N4O/c21-20(22,23)16-1-2-17(25-24-16)26-3-5-27(6-4-26)18(28)19-10-13-7-14(11-19)9-15(8-13)12-19/h1-2,13-15H,3-12H2. The third kappa shape index (κ3) is 3.05. The smallest absolute Gasteiger partial charge is 0.352 e. The molecule has 6 rings (SSSR count). The molecule has 152 valence electrons. The topological polar surface area (TPSA) is 49.3 Å². The number of nitrogens with zero attached hydrogens (tertiary/aromatic N) is 4. The number of carbonyl (C=O) groups excluding carboxylic acids is 1. The summed E-state index contributed by atoms with van der Waals surface area (Å²) in [6.07, 6.45) is 2.63. The van der Waals surface area contributed by atoms with Crippen LogP contribution in [-0.2, 0) is 11.0 Å². The van der Waals surface area contributed by atoms with Crippen molar-refractivity contribution in [1.29, 1.82) is 0 Å². The van der Waals surface area contributed by atoms with Gasteiger partial charge in [0.15, 0.2) is 11.5 Å². The van der Waals surface area contributed by atoms with E-state index in [2.05, 4.69) is 10.2 Å². The van der Waals surface area contributed by atoms with Gasteiger partial charge in [0.05, 0.1) is 5.41 Å². The minimum Gasteiger partial charge on any atom is -0.352 e. The fraction of sp³-hybridized carbons (Fsp3) is 0.750. The third-order valence-corrected chi connectivity index (χ3v) is 7.32. The van der Waals surface area contributed by atoms with E-state index in [0.717, 1.165) is 43.1 Å². The van der Waals surface area contributed by atoms with Crippen LogP contribution in [0.1, 0.15) is 44.2 Å². The Morgan fingerprint density at radius 1 is 0.929 bits per heavy atom. The molecule has 0 atom stereocenters. The molecule has 1 aromatic heterocycles. The van der Waals surface area contributed by atoms with Crippen LogP contribution in [0.5, 0.6) is 0 Å². The summed E-state index contributed by atoms with van der Waals surface area (Å²) in [5.74, 6) is 2.97. The monoisotopic (exact) mass is 394 g/mol. The van der Waals surface area contributed by atoms with Crippen molar-refractivity contribution in [3.8, 4) is 0 Å². The molecule has 0 radical (unpaired) electrons. The molecule has 8 heteroatoms. The predicted molar refractivity (Wildman–Crippen MR) is 96.4 cm³/mol. The molecule has 0 unspecified atom stereocenters. The van der Waals surface area contributed by atoms with Crippen molar-refractivity contribution in [3.63, 3.8) is 0 Å². The molecule has 5 nitrogen and oxygen atoms in total. The molecule has 1 aliphatic heterocycles. The van der Waals surface area contributed by atoms with Gasteiger partial charge in [-0.3, -0.25) is 4.79 Å². The first kappa shape index (κ1) is 18.2. The number of anilines is 1. The van der Waals surface area contributed by atoms with Crippen molar-refractivity contribution >= 4 is 11.7 Å². The Hall–Kier alpha value is -1.86. The van der Waals surface area contributed by atoms with Crippen molar-refractivity contribution in [2.45, 2.75) is 44.7 Å². The van der Waals surface area contributed by atoms with Gasteiger partial charge in [-0.05, 0) is 68.4 Å². The normalized spacial score (nSPS) is 34.8. The highest BCUT2D eigenvalue weighted by Crippen LogP contribution is 2.60. The number of alkyl halides is 3. The van der Waals surface area contributed by atoms with E-state index in [1.807, 2.05) is 9.80 Å². The summed E-state index contributed by atoms with van der Waals surface area (Å²) >= 11 is 0. The molecule has 4 saturated carbocycles. The molecule has 1 amide bonds. The average molecular weight is 394 g/mol. The van der Waals surface area contributed by atoms with Crippen LogP contribution in [-0.4, -0.2) is 47.2 Å². The summed E-state index contributed by atoms with van der Waals surface area (Å²) in [6, 6.07) is 2.34. The second-order valence-electron chi connectivity index (χ2n) is 9.25. The van der Waals surface area contributed by atoms with Crippen molar-refractivity contribution in [1.82, 2.24) is 15.1 Å². The summed E-state index contributed by atoms with van der Waals surface area (Å²) < 4.78 is 38.0. The lowest BCUT2D eigenvalue weighted by molar-refractivity contribution is -0.158. The van der Waals surface area contributed by atoms with E-state index in [1.165, 1.54) is 25.3 Å². The first-order valence-electron chi connectivity index (χ1n) is 10.3. The van der Waals surface area contributed by atoms with Crippen LogP contribution in [0, 0.1) is 23.2 Å². The summed E-state index contributed by atoms with van der Waals surface area (Å²) in [5.41, 5.74) is -1.11. The minimum atomic E-state index is -4.48. The lowest BCUT2D eigenvalue weighted by Gasteiger charge is -2.57. The Morgan fingerprint density at radius 2 is 1.50 bits per heavy atom. The van der Waals surface area contributed by atoms with Gasteiger partial charge in [0.2, 0.25) is 5.91 Å². The van der Waals surface area contributed by atoms with Gasteiger partial charge in [-0.1, -0.05) is 0 Å². The van der Waals surface area contributed by atoms with Crippen LogP contribution in [0.15, 0.2) is 12.1 Å². The molecular weight excluding hydrogens is 369 g/mol. The maximum absolute atomic E-state index is 13.4. The van der Waals surface area contributed by atoms with Gasteiger partial charge in [-0.15, -0.1) is 10.2 Å². The Balaban J connectivity index is 1.23. The quantitative estimate of drug-likeness (QED) is 0.772. The van der Waals surface area contributed by atoms with E-state index < -0.39 is 11.9 Å². The zero-order chi connectivity index (χ0) is 19.5. The van der Waals surface area contributed by atoms with Gasteiger partial charge in [0.25, 0.3) is 0 Å².